The molecule has 202 valence electrons. The van der Waals surface area contributed by atoms with Crippen LogP contribution >= 0.6 is 23.2 Å². The van der Waals surface area contributed by atoms with Gasteiger partial charge in [-0.2, -0.15) is 18.3 Å². The fraction of sp³-hybridized carbons (Fsp3) is 0.333. The molecule has 14 heteroatoms. The Labute approximate surface area is 225 Å². The molecule has 3 N–H and O–H groups in total. The van der Waals surface area contributed by atoms with Crippen LogP contribution in [0.3, 0.4) is 0 Å². The van der Waals surface area contributed by atoms with Gasteiger partial charge in [-0.15, -0.1) is 0 Å². The third kappa shape index (κ3) is 5.23. The van der Waals surface area contributed by atoms with Crippen molar-refractivity contribution in [2.75, 3.05) is 18.4 Å². The summed E-state index contributed by atoms with van der Waals surface area (Å²) < 4.78 is 41.4. The minimum Gasteiger partial charge on any atom is -0.361 e. The Balaban J connectivity index is 1.55. The second kappa shape index (κ2) is 10.3. The molecule has 1 saturated heterocycles. The minimum absolute atomic E-state index is 0.00576. The summed E-state index contributed by atoms with van der Waals surface area (Å²) in [6, 6.07) is 2.17. The van der Waals surface area contributed by atoms with Crippen LogP contribution in [0.15, 0.2) is 31.4 Å². The average Bonchev–Trinajstić information content (AvgIpc) is 3.37. The van der Waals surface area contributed by atoms with Gasteiger partial charge in [-0.3, -0.25) is 14.7 Å². The molecule has 1 aliphatic heterocycles. The third-order valence-electron chi connectivity index (χ3n) is 6.11. The summed E-state index contributed by atoms with van der Waals surface area (Å²) in [7, 11) is 0. The number of benzene rings is 1. The van der Waals surface area contributed by atoms with Gasteiger partial charge in [0.15, 0.2) is 11.0 Å². The first-order valence-corrected chi connectivity index (χ1v) is 12.2. The molecule has 0 unspecified atom stereocenters. The monoisotopic (exact) mass is 569 g/mol. The lowest BCUT2D eigenvalue weighted by Gasteiger charge is -2.38. The molecule has 3 aromatic rings. The molecule has 9 nitrogen and oxygen atoms in total. The SMILES string of the molecule is C=CC(=O)N1CC(NC(=O)c2c(Cl)nc(CNc3n[nH]c4cc(Cl)c(C(=C)C(F)(F)F)cc34)n2C(C)C)C1. The van der Waals surface area contributed by atoms with Crippen molar-refractivity contribution in [2.24, 2.45) is 0 Å². The number of rotatable bonds is 8. The van der Waals surface area contributed by atoms with Crippen molar-refractivity contribution in [3.05, 3.63) is 58.6 Å². The fourth-order valence-electron chi connectivity index (χ4n) is 4.18. The van der Waals surface area contributed by atoms with Gasteiger partial charge in [0.25, 0.3) is 5.91 Å². The fourth-order valence-corrected chi connectivity index (χ4v) is 4.74. The Morgan fingerprint density at radius 1 is 1.29 bits per heavy atom. The molecular weight excluding hydrogens is 546 g/mol. The van der Waals surface area contributed by atoms with Crippen molar-refractivity contribution in [2.45, 2.75) is 38.7 Å². The number of hydrogen-bond donors (Lipinski definition) is 3. The maximum Gasteiger partial charge on any atom is 0.416 e. The van der Waals surface area contributed by atoms with Crippen LogP contribution in [0.2, 0.25) is 10.2 Å². The van der Waals surface area contributed by atoms with Gasteiger partial charge in [0, 0.05) is 30.1 Å². The zero-order chi connectivity index (χ0) is 27.9. The number of nitrogens with zero attached hydrogens (tertiary/aromatic N) is 4. The molecule has 2 aromatic heterocycles. The highest BCUT2D eigenvalue weighted by Crippen LogP contribution is 2.38. The molecule has 38 heavy (non-hydrogen) atoms. The van der Waals surface area contributed by atoms with Gasteiger partial charge in [-0.25, -0.2) is 4.98 Å². The second-order valence-electron chi connectivity index (χ2n) is 9.03. The number of anilines is 1. The molecule has 1 aliphatic rings. The Kier molecular flexibility index (Phi) is 7.48. The first-order chi connectivity index (χ1) is 17.8. The van der Waals surface area contributed by atoms with Gasteiger partial charge in [0.1, 0.15) is 11.5 Å². The zero-order valence-corrected chi connectivity index (χ0v) is 21.9. The van der Waals surface area contributed by atoms with Gasteiger partial charge in [-0.05, 0) is 32.1 Å². The van der Waals surface area contributed by atoms with Crippen LogP contribution in [0.5, 0.6) is 0 Å². The summed E-state index contributed by atoms with van der Waals surface area (Å²) in [6.07, 6.45) is -3.43. The van der Waals surface area contributed by atoms with Crippen LogP contribution in [0.25, 0.3) is 16.5 Å². The van der Waals surface area contributed by atoms with E-state index in [1.54, 1.807) is 9.47 Å². The molecule has 0 spiro atoms. The maximum atomic E-state index is 13.2. The summed E-state index contributed by atoms with van der Waals surface area (Å²) in [5, 5.41) is 13.0. The smallest absolute Gasteiger partial charge is 0.361 e. The first-order valence-electron chi connectivity index (χ1n) is 11.5. The van der Waals surface area contributed by atoms with Crippen LogP contribution < -0.4 is 10.6 Å². The second-order valence-corrected chi connectivity index (χ2v) is 9.79. The number of imidazole rings is 1. The number of alkyl halides is 3. The van der Waals surface area contributed by atoms with Crippen LogP contribution in [0.4, 0.5) is 19.0 Å². The van der Waals surface area contributed by atoms with E-state index < -0.39 is 17.7 Å². The molecule has 1 aromatic carbocycles. The lowest BCUT2D eigenvalue weighted by molar-refractivity contribution is -0.130. The molecule has 0 atom stereocenters. The number of amides is 2. The minimum atomic E-state index is -4.65. The Morgan fingerprint density at radius 3 is 2.58 bits per heavy atom. The molecule has 0 aliphatic carbocycles. The normalized spacial score (nSPS) is 14.1. The van der Waals surface area contributed by atoms with Gasteiger partial charge in [0.05, 0.1) is 28.7 Å². The number of hydrogen-bond acceptors (Lipinski definition) is 5. The van der Waals surface area contributed by atoms with E-state index >= 15 is 0 Å². The number of carbonyl (C=O) groups is 2. The highest BCUT2D eigenvalue weighted by atomic mass is 35.5. The van der Waals surface area contributed by atoms with E-state index in [4.69, 9.17) is 23.2 Å². The highest BCUT2D eigenvalue weighted by molar-refractivity contribution is 6.33. The third-order valence-corrected chi connectivity index (χ3v) is 6.68. The predicted octanol–water partition coefficient (Wildman–Crippen LogP) is 4.96. The quantitative estimate of drug-likeness (QED) is 0.332. The van der Waals surface area contributed by atoms with Crippen molar-refractivity contribution in [1.29, 1.82) is 0 Å². The van der Waals surface area contributed by atoms with E-state index in [9.17, 15) is 22.8 Å². The summed E-state index contributed by atoms with van der Waals surface area (Å²) in [5.74, 6) is 0.0254. The van der Waals surface area contributed by atoms with Crippen LogP contribution in [0.1, 0.15) is 41.8 Å². The number of H-pyrrole nitrogens is 1. The van der Waals surface area contributed by atoms with Crippen LogP contribution in [-0.4, -0.2) is 61.8 Å². The number of nitrogens with one attached hydrogen (secondary N) is 3. The lowest BCUT2D eigenvalue weighted by Crippen LogP contribution is -2.60. The number of carbonyl (C=O) groups excluding carboxylic acids is 2. The number of aromatic nitrogens is 4. The molecule has 2 amide bonds. The number of aromatic amines is 1. The van der Waals surface area contributed by atoms with Crippen molar-refractivity contribution in [1.82, 2.24) is 30.0 Å². The van der Waals surface area contributed by atoms with E-state index in [0.717, 1.165) is 0 Å². The van der Waals surface area contributed by atoms with E-state index in [0.29, 0.717) is 29.8 Å². The number of likely N-dealkylation sites (tertiary alicyclic amines) is 1. The number of allylic oxidation sites excluding steroid dienone is 1. The standard InChI is InChI=1S/C24H24Cl2F3N7O2/c1-5-19(37)35-9-13(10-35)31-23(38)20-21(26)32-18(36(20)11(2)3)8-30-22-15-6-14(12(4)24(27,28)29)16(25)7-17(15)33-34-22/h5-7,11,13H,1,4,8-10H2,2-3H3,(H,31,38)(H2,30,33,34). The summed E-state index contributed by atoms with van der Waals surface area (Å²) in [6.45, 7) is 11.1. The lowest BCUT2D eigenvalue weighted by atomic mass is 10.0. The van der Waals surface area contributed by atoms with E-state index in [2.05, 4.69) is 39.0 Å². The number of fused-ring (bicyclic) bond motifs is 1. The van der Waals surface area contributed by atoms with Crippen molar-refractivity contribution < 1.29 is 22.8 Å². The molecule has 4 rings (SSSR count). The summed E-state index contributed by atoms with van der Waals surface area (Å²) in [4.78, 5) is 30.6. The van der Waals surface area contributed by atoms with Gasteiger partial charge in [-0.1, -0.05) is 36.4 Å². The Morgan fingerprint density at radius 2 is 1.97 bits per heavy atom. The molecule has 0 bridgehead atoms. The molecule has 0 radical (unpaired) electrons. The van der Waals surface area contributed by atoms with Crippen molar-refractivity contribution in [3.8, 4) is 0 Å². The van der Waals surface area contributed by atoms with Gasteiger partial charge >= 0.3 is 6.18 Å². The average molecular weight is 570 g/mol. The molecule has 3 heterocycles. The predicted molar refractivity (Wildman–Crippen MR) is 139 cm³/mol. The summed E-state index contributed by atoms with van der Waals surface area (Å²) >= 11 is 12.4. The van der Waals surface area contributed by atoms with E-state index in [-0.39, 0.29) is 51.8 Å². The molecular formula is C24H24Cl2F3N7O2. The number of halogens is 5. The first kappa shape index (κ1) is 27.5. The van der Waals surface area contributed by atoms with Crippen molar-refractivity contribution in [3.63, 3.8) is 0 Å². The van der Waals surface area contributed by atoms with Crippen LogP contribution in [0, 0.1) is 0 Å². The largest absolute Gasteiger partial charge is 0.416 e. The van der Waals surface area contributed by atoms with Gasteiger partial charge < -0.3 is 20.1 Å². The Hall–Kier alpha value is -3.51. The zero-order valence-electron chi connectivity index (χ0n) is 20.4. The van der Waals surface area contributed by atoms with Gasteiger partial charge in [0.2, 0.25) is 5.91 Å². The van der Waals surface area contributed by atoms with Crippen LogP contribution in [-0.2, 0) is 11.3 Å². The summed E-state index contributed by atoms with van der Waals surface area (Å²) in [5.41, 5.74) is -0.746. The highest BCUT2D eigenvalue weighted by Gasteiger charge is 2.35. The molecule has 0 saturated carbocycles. The Bertz CT molecular complexity index is 1440. The van der Waals surface area contributed by atoms with Crippen molar-refractivity contribution >= 4 is 57.3 Å². The van der Waals surface area contributed by atoms with E-state index in [1.165, 1.54) is 18.2 Å². The topological polar surface area (TPSA) is 108 Å². The van der Waals surface area contributed by atoms with E-state index in [1.807, 2.05) is 13.8 Å². The molecule has 1 fully saturated rings. The maximum absolute atomic E-state index is 13.2.